The maximum atomic E-state index is 4.09. The van der Waals surface area contributed by atoms with Crippen molar-refractivity contribution in [3.8, 4) is 0 Å². The molecule has 1 N–H and O–H groups in total. The van der Waals surface area contributed by atoms with Gasteiger partial charge in [-0.2, -0.15) is 0 Å². The third-order valence-corrected chi connectivity index (χ3v) is 2.53. The van der Waals surface area contributed by atoms with Crippen LogP contribution >= 0.6 is 0 Å². The van der Waals surface area contributed by atoms with Gasteiger partial charge in [-0.05, 0) is 19.9 Å². The van der Waals surface area contributed by atoms with Gasteiger partial charge in [0.1, 0.15) is 0 Å². The Kier molecular flexibility index (Phi) is 3.57. The van der Waals surface area contributed by atoms with Crippen LogP contribution in [0.15, 0.2) is 4.99 Å². The summed E-state index contributed by atoms with van der Waals surface area (Å²) in [5, 5.41) is 3.35. The molecular formula is C9H18N2. The first-order valence-corrected chi connectivity index (χ1v) is 4.48. The van der Waals surface area contributed by atoms with E-state index in [9.17, 15) is 0 Å². The first-order chi connectivity index (χ1) is 5.38. The van der Waals surface area contributed by atoms with Crippen LogP contribution in [0.5, 0.6) is 0 Å². The molecule has 0 radical (unpaired) electrons. The predicted molar refractivity (Wildman–Crippen MR) is 49.2 cm³/mol. The van der Waals surface area contributed by atoms with Gasteiger partial charge >= 0.3 is 0 Å². The minimum atomic E-state index is 0.674. The van der Waals surface area contributed by atoms with E-state index in [0.717, 1.165) is 0 Å². The van der Waals surface area contributed by atoms with Gasteiger partial charge in [0.2, 0.25) is 0 Å². The third-order valence-electron chi connectivity index (χ3n) is 2.53. The van der Waals surface area contributed by atoms with Gasteiger partial charge in [-0.15, -0.1) is 0 Å². The Balaban J connectivity index is 2.44. The average Bonchev–Trinajstić information content (AvgIpc) is 2.06. The molecule has 1 saturated carbocycles. The predicted octanol–water partition coefficient (Wildman–Crippen LogP) is 1.47. The van der Waals surface area contributed by atoms with E-state index in [1.165, 1.54) is 25.7 Å². The second-order valence-corrected chi connectivity index (χ2v) is 3.25. The molecule has 0 heterocycles. The zero-order chi connectivity index (χ0) is 8.10. The Hall–Kier alpha value is -0.370. The van der Waals surface area contributed by atoms with Gasteiger partial charge in [0, 0.05) is 25.2 Å². The highest BCUT2D eigenvalue weighted by atomic mass is 14.9. The van der Waals surface area contributed by atoms with Crippen LogP contribution < -0.4 is 5.32 Å². The van der Waals surface area contributed by atoms with Crippen molar-refractivity contribution in [3.05, 3.63) is 0 Å². The molecule has 2 nitrogen and oxygen atoms in total. The molecule has 0 bridgehead atoms. The van der Waals surface area contributed by atoms with E-state index in [2.05, 4.69) is 16.5 Å². The molecule has 0 aromatic carbocycles. The summed E-state index contributed by atoms with van der Waals surface area (Å²) in [6.45, 7) is 0. The van der Waals surface area contributed by atoms with Gasteiger partial charge in [0.05, 0.1) is 0 Å². The first kappa shape index (κ1) is 8.72. The Morgan fingerprint density at radius 1 is 1.36 bits per heavy atom. The van der Waals surface area contributed by atoms with Gasteiger partial charge in [-0.25, -0.2) is 0 Å². The van der Waals surface area contributed by atoms with E-state index < -0.39 is 0 Å². The summed E-state index contributed by atoms with van der Waals surface area (Å²) in [7, 11) is 3.91. The Morgan fingerprint density at radius 2 is 2.09 bits per heavy atom. The minimum absolute atomic E-state index is 0.674. The summed E-state index contributed by atoms with van der Waals surface area (Å²) in [4.78, 5) is 4.09. The van der Waals surface area contributed by atoms with Gasteiger partial charge in [-0.1, -0.05) is 12.8 Å². The van der Waals surface area contributed by atoms with E-state index in [-0.39, 0.29) is 0 Å². The molecule has 0 aromatic rings. The minimum Gasteiger partial charge on any atom is -0.316 e. The number of nitrogens with zero attached hydrogens (tertiary/aromatic N) is 1. The van der Waals surface area contributed by atoms with Crippen LogP contribution in [0, 0.1) is 5.92 Å². The van der Waals surface area contributed by atoms with Crippen molar-refractivity contribution in [1.82, 2.24) is 5.32 Å². The standard InChI is InChI=1S/C9H18N2/c1-10-7-8-5-3-4-6-9(8)11-2/h7-9,11H,3-6H2,1-2H3/t8?,9-/m1/s1. The van der Waals surface area contributed by atoms with Crippen molar-refractivity contribution in [2.45, 2.75) is 31.7 Å². The van der Waals surface area contributed by atoms with E-state index in [1.807, 2.05) is 14.1 Å². The number of hydrogen-bond donors (Lipinski definition) is 1. The highest BCUT2D eigenvalue weighted by molar-refractivity contribution is 5.61. The van der Waals surface area contributed by atoms with Crippen LogP contribution in [-0.4, -0.2) is 26.4 Å². The van der Waals surface area contributed by atoms with E-state index in [4.69, 9.17) is 0 Å². The fraction of sp³-hybridized carbons (Fsp3) is 0.889. The second-order valence-electron chi connectivity index (χ2n) is 3.25. The van der Waals surface area contributed by atoms with Crippen molar-refractivity contribution < 1.29 is 0 Å². The van der Waals surface area contributed by atoms with Crippen LogP contribution in [0.1, 0.15) is 25.7 Å². The lowest BCUT2D eigenvalue weighted by Gasteiger charge is -2.28. The summed E-state index contributed by atoms with van der Waals surface area (Å²) < 4.78 is 0. The molecule has 1 fully saturated rings. The number of rotatable bonds is 2. The highest BCUT2D eigenvalue weighted by Gasteiger charge is 2.21. The third kappa shape index (κ3) is 2.29. The number of hydrogen-bond acceptors (Lipinski definition) is 2. The SMILES string of the molecule is CN=CC1CCCC[C@H]1NC. The van der Waals surface area contributed by atoms with Crippen molar-refractivity contribution in [1.29, 1.82) is 0 Å². The molecule has 2 heteroatoms. The molecule has 1 aliphatic carbocycles. The van der Waals surface area contributed by atoms with Crippen molar-refractivity contribution in [2.75, 3.05) is 14.1 Å². The number of nitrogens with one attached hydrogen (secondary N) is 1. The molecule has 0 saturated heterocycles. The molecule has 1 rings (SSSR count). The molecular weight excluding hydrogens is 136 g/mol. The topological polar surface area (TPSA) is 24.4 Å². The fourth-order valence-electron chi connectivity index (χ4n) is 1.89. The molecule has 11 heavy (non-hydrogen) atoms. The summed E-state index contributed by atoms with van der Waals surface area (Å²) in [6.07, 6.45) is 7.46. The molecule has 1 aliphatic rings. The molecule has 0 spiro atoms. The van der Waals surface area contributed by atoms with Gasteiger partial charge in [-0.3, -0.25) is 0 Å². The maximum absolute atomic E-state index is 4.09. The van der Waals surface area contributed by atoms with Gasteiger partial charge in [0.15, 0.2) is 0 Å². The van der Waals surface area contributed by atoms with Crippen LogP contribution in [0.25, 0.3) is 0 Å². The summed E-state index contributed by atoms with van der Waals surface area (Å²) in [5.41, 5.74) is 0. The first-order valence-electron chi connectivity index (χ1n) is 4.48. The van der Waals surface area contributed by atoms with Crippen LogP contribution in [0.4, 0.5) is 0 Å². The van der Waals surface area contributed by atoms with E-state index >= 15 is 0 Å². The maximum Gasteiger partial charge on any atom is 0.0273 e. The van der Waals surface area contributed by atoms with Gasteiger partial charge in [0.25, 0.3) is 0 Å². The van der Waals surface area contributed by atoms with Crippen LogP contribution in [0.3, 0.4) is 0 Å². The highest BCUT2D eigenvalue weighted by Crippen LogP contribution is 2.22. The smallest absolute Gasteiger partial charge is 0.0273 e. The second kappa shape index (κ2) is 4.50. The van der Waals surface area contributed by atoms with E-state index in [1.54, 1.807) is 0 Å². The van der Waals surface area contributed by atoms with E-state index in [0.29, 0.717) is 12.0 Å². The van der Waals surface area contributed by atoms with Gasteiger partial charge < -0.3 is 10.3 Å². The Morgan fingerprint density at radius 3 is 2.73 bits per heavy atom. The number of aliphatic imine (C=N–C) groups is 1. The summed E-state index contributed by atoms with van der Waals surface area (Å²) >= 11 is 0. The van der Waals surface area contributed by atoms with Crippen molar-refractivity contribution in [2.24, 2.45) is 10.9 Å². The summed E-state index contributed by atoms with van der Waals surface area (Å²) in [5.74, 6) is 0.679. The monoisotopic (exact) mass is 154 g/mol. The Bertz CT molecular complexity index is 132. The molecule has 2 atom stereocenters. The Labute approximate surface area is 69.1 Å². The fourth-order valence-corrected chi connectivity index (χ4v) is 1.89. The largest absolute Gasteiger partial charge is 0.316 e. The normalized spacial score (nSPS) is 32.9. The molecule has 0 aromatic heterocycles. The lowest BCUT2D eigenvalue weighted by molar-refractivity contribution is 0.343. The lowest BCUT2D eigenvalue weighted by Crippen LogP contribution is -2.36. The zero-order valence-electron chi connectivity index (χ0n) is 7.51. The van der Waals surface area contributed by atoms with Crippen molar-refractivity contribution >= 4 is 6.21 Å². The van der Waals surface area contributed by atoms with Crippen LogP contribution in [-0.2, 0) is 0 Å². The van der Waals surface area contributed by atoms with Crippen LogP contribution in [0.2, 0.25) is 0 Å². The summed E-state index contributed by atoms with van der Waals surface area (Å²) in [6, 6.07) is 0.674. The molecule has 0 aliphatic heterocycles. The molecule has 1 unspecified atom stereocenters. The average molecular weight is 154 g/mol. The van der Waals surface area contributed by atoms with Crippen molar-refractivity contribution in [3.63, 3.8) is 0 Å². The zero-order valence-corrected chi connectivity index (χ0v) is 7.51. The lowest BCUT2D eigenvalue weighted by atomic mass is 9.85. The quantitative estimate of drug-likeness (QED) is 0.598. The molecule has 0 amide bonds. The molecule has 64 valence electrons.